The molecule has 2 aromatic carbocycles. The molecule has 0 spiro atoms. The van der Waals surface area contributed by atoms with Gasteiger partial charge in [0.2, 0.25) is 0 Å². The van der Waals surface area contributed by atoms with E-state index in [0.717, 1.165) is 16.7 Å². The number of carbonyl (C=O) groups is 3. The molecular weight excluding hydrogens is 476 g/mol. The number of nitro benzene ring substituents is 1. The molecule has 30 heavy (non-hydrogen) atoms. The van der Waals surface area contributed by atoms with Gasteiger partial charge in [-0.15, -0.1) is 0 Å². The second-order valence-electron chi connectivity index (χ2n) is 6.12. The number of hydrogen-bond donors (Lipinski definition) is 0. The molecule has 0 N–H and O–H groups in total. The van der Waals surface area contributed by atoms with Gasteiger partial charge in [0.1, 0.15) is 5.75 Å². The number of benzene rings is 2. The summed E-state index contributed by atoms with van der Waals surface area (Å²) in [6.45, 7) is 1.95. The quantitative estimate of drug-likeness (QED) is 0.240. The van der Waals surface area contributed by atoms with E-state index in [2.05, 4.69) is 15.9 Å². The molecule has 0 bridgehead atoms. The van der Waals surface area contributed by atoms with Gasteiger partial charge in [-0.25, -0.2) is 0 Å². The Labute approximate surface area is 184 Å². The molecule has 1 aliphatic rings. The summed E-state index contributed by atoms with van der Waals surface area (Å²) in [6, 6.07) is 10.3. The van der Waals surface area contributed by atoms with E-state index in [0.29, 0.717) is 22.4 Å². The maximum atomic E-state index is 12.6. The summed E-state index contributed by atoms with van der Waals surface area (Å²) < 4.78 is 6.16. The Hall–Kier alpha value is -2.98. The van der Waals surface area contributed by atoms with Crippen LogP contribution in [-0.2, 0) is 4.79 Å². The summed E-state index contributed by atoms with van der Waals surface area (Å²) in [5, 5.41) is 10.2. The zero-order valence-corrected chi connectivity index (χ0v) is 18.1. The van der Waals surface area contributed by atoms with Crippen LogP contribution >= 0.6 is 27.7 Å². The molecule has 10 heteroatoms. The van der Waals surface area contributed by atoms with Crippen molar-refractivity contribution in [2.24, 2.45) is 0 Å². The number of non-ortho nitro benzene ring substituents is 1. The number of rotatable bonds is 7. The number of nitro groups is 1. The smallest absolute Gasteiger partial charge is 0.293 e. The molecule has 0 radical (unpaired) electrons. The van der Waals surface area contributed by atoms with E-state index in [-0.39, 0.29) is 16.2 Å². The lowest BCUT2D eigenvalue weighted by Crippen LogP contribution is -2.33. The first kappa shape index (κ1) is 21.7. The van der Waals surface area contributed by atoms with Crippen molar-refractivity contribution in [3.63, 3.8) is 0 Å². The van der Waals surface area contributed by atoms with E-state index in [1.54, 1.807) is 24.3 Å². The van der Waals surface area contributed by atoms with Crippen LogP contribution in [0.15, 0.2) is 51.8 Å². The summed E-state index contributed by atoms with van der Waals surface area (Å²) >= 11 is 4.15. The number of ketones is 1. The standard InChI is InChI=1S/C20H15BrN2O6S/c1-2-29-17-8-3-12(9-15(17)21)10-18-19(25)22(20(26)30-18)11-16(24)13-4-6-14(7-5-13)23(27)28/h3-10H,2,11H2,1H3/b18-10-. The van der Waals surface area contributed by atoms with Crippen LogP contribution < -0.4 is 4.74 Å². The zero-order valence-electron chi connectivity index (χ0n) is 15.7. The molecule has 1 heterocycles. The lowest BCUT2D eigenvalue weighted by Gasteiger charge is -2.11. The predicted molar refractivity (Wildman–Crippen MR) is 115 cm³/mol. The molecular formula is C20H15BrN2O6S. The monoisotopic (exact) mass is 490 g/mol. The number of amides is 2. The van der Waals surface area contributed by atoms with Crippen molar-refractivity contribution < 1.29 is 24.0 Å². The summed E-state index contributed by atoms with van der Waals surface area (Å²) in [6.07, 6.45) is 1.57. The molecule has 1 saturated heterocycles. The van der Waals surface area contributed by atoms with Gasteiger partial charge in [-0.3, -0.25) is 29.4 Å². The van der Waals surface area contributed by atoms with Gasteiger partial charge in [0.15, 0.2) is 5.78 Å². The Bertz CT molecular complexity index is 1070. The fourth-order valence-corrected chi connectivity index (χ4v) is 4.02. The molecule has 0 aliphatic carbocycles. The van der Waals surface area contributed by atoms with Crippen LogP contribution in [0, 0.1) is 10.1 Å². The number of Topliss-reactive ketones (excluding diaryl/α,β-unsaturated/α-hetero) is 1. The van der Waals surface area contributed by atoms with Crippen LogP contribution in [0.25, 0.3) is 6.08 Å². The molecule has 0 atom stereocenters. The van der Waals surface area contributed by atoms with E-state index in [1.165, 1.54) is 24.3 Å². The van der Waals surface area contributed by atoms with Gasteiger partial charge in [-0.1, -0.05) is 6.07 Å². The SMILES string of the molecule is CCOc1ccc(/C=C2\SC(=O)N(CC(=O)c3ccc([N+](=O)[O-])cc3)C2=O)cc1Br. The molecule has 0 aromatic heterocycles. The fourth-order valence-electron chi connectivity index (χ4n) is 2.67. The van der Waals surface area contributed by atoms with Gasteiger partial charge in [-0.2, -0.15) is 0 Å². The van der Waals surface area contributed by atoms with E-state index >= 15 is 0 Å². The van der Waals surface area contributed by atoms with Gasteiger partial charge >= 0.3 is 0 Å². The predicted octanol–water partition coefficient (Wildman–Crippen LogP) is 4.68. The molecule has 3 rings (SSSR count). The van der Waals surface area contributed by atoms with Crippen molar-refractivity contribution in [3.8, 4) is 5.75 Å². The van der Waals surface area contributed by atoms with Gasteiger partial charge < -0.3 is 4.74 Å². The molecule has 2 aromatic rings. The minimum Gasteiger partial charge on any atom is -0.493 e. The van der Waals surface area contributed by atoms with Crippen LogP contribution in [-0.4, -0.2) is 39.9 Å². The van der Waals surface area contributed by atoms with Crippen molar-refractivity contribution in [1.82, 2.24) is 4.90 Å². The first-order valence-corrected chi connectivity index (χ1v) is 10.4. The summed E-state index contributed by atoms with van der Waals surface area (Å²) in [5.41, 5.74) is 0.721. The molecule has 1 fully saturated rings. The third-order valence-electron chi connectivity index (χ3n) is 4.13. The number of nitrogens with zero attached hydrogens (tertiary/aromatic N) is 2. The third kappa shape index (κ3) is 4.77. The lowest BCUT2D eigenvalue weighted by atomic mass is 10.1. The zero-order chi connectivity index (χ0) is 21.8. The second-order valence-corrected chi connectivity index (χ2v) is 7.97. The fraction of sp³-hybridized carbons (Fsp3) is 0.150. The van der Waals surface area contributed by atoms with E-state index < -0.39 is 28.4 Å². The Morgan fingerprint density at radius 1 is 1.23 bits per heavy atom. The topological polar surface area (TPSA) is 107 Å². The average Bonchev–Trinajstić information content (AvgIpc) is 2.97. The van der Waals surface area contributed by atoms with Crippen molar-refractivity contribution in [3.05, 3.63) is 73.1 Å². The van der Waals surface area contributed by atoms with Crippen molar-refractivity contribution in [1.29, 1.82) is 0 Å². The van der Waals surface area contributed by atoms with Gasteiger partial charge in [0.25, 0.3) is 16.8 Å². The Morgan fingerprint density at radius 3 is 2.53 bits per heavy atom. The van der Waals surface area contributed by atoms with E-state index in [9.17, 15) is 24.5 Å². The number of halogens is 1. The highest BCUT2D eigenvalue weighted by atomic mass is 79.9. The first-order chi connectivity index (χ1) is 14.3. The number of carbonyl (C=O) groups excluding carboxylic acids is 3. The Balaban J connectivity index is 1.74. The molecule has 154 valence electrons. The van der Waals surface area contributed by atoms with Crippen molar-refractivity contribution in [2.45, 2.75) is 6.92 Å². The largest absolute Gasteiger partial charge is 0.493 e. The van der Waals surface area contributed by atoms with Crippen LogP contribution in [0.3, 0.4) is 0 Å². The summed E-state index contributed by atoms with van der Waals surface area (Å²) in [4.78, 5) is 48.5. The summed E-state index contributed by atoms with van der Waals surface area (Å²) in [7, 11) is 0. The molecule has 0 unspecified atom stereocenters. The van der Waals surface area contributed by atoms with Crippen LogP contribution in [0.5, 0.6) is 5.75 Å². The van der Waals surface area contributed by atoms with Crippen molar-refractivity contribution in [2.75, 3.05) is 13.2 Å². The molecule has 1 aliphatic heterocycles. The molecule has 8 nitrogen and oxygen atoms in total. The maximum Gasteiger partial charge on any atom is 0.293 e. The van der Waals surface area contributed by atoms with Gasteiger partial charge in [0, 0.05) is 17.7 Å². The third-order valence-corrected chi connectivity index (χ3v) is 5.66. The van der Waals surface area contributed by atoms with E-state index in [1.807, 2.05) is 6.92 Å². The minimum absolute atomic E-state index is 0.151. The van der Waals surface area contributed by atoms with Gasteiger partial charge in [-0.05, 0) is 70.5 Å². The number of imide groups is 1. The Kier molecular flexibility index (Phi) is 6.68. The second kappa shape index (κ2) is 9.23. The van der Waals surface area contributed by atoms with Crippen molar-refractivity contribution >= 4 is 56.4 Å². The van der Waals surface area contributed by atoms with Gasteiger partial charge in [0.05, 0.1) is 27.5 Å². The van der Waals surface area contributed by atoms with Crippen LogP contribution in [0.1, 0.15) is 22.8 Å². The number of ether oxygens (including phenoxy) is 1. The number of thioether (sulfide) groups is 1. The normalized spacial score (nSPS) is 15.0. The molecule has 0 saturated carbocycles. The molecule has 2 amide bonds. The van der Waals surface area contributed by atoms with Crippen LogP contribution in [0.4, 0.5) is 10.5 Å². The van der Waals surface area contributed by atoms with Crippen LogP contribution in [0.2, 0.25) is 0 Å². The highest BCUT2D eigenvalue weighted by molar-refractivity contribution is 9.10. The maximum absolute atomic E-state index is 12.6. The highest BCUT2D eigenvalue weighted by Gasteiger charge is 2.36. The summed E-state index contributed by atoms with van der Waals surface area (Å²) in [5.74, 6) is -0.390. The number of hydrogen-bond acceptors (Lipinski definition) is 7. The first-order valence-electron chi connectivity index (χ1n) is 8.75. The minimum atomic E-state index is -0.575. The highest BCUT2D eigenvalue weighted by Crippen LogP contribution is 2.34. The van der Waals surface area contributed by atoms with E-state index in [4.69, 9.17) is 4.74 Å². The lowest BCUT2D eigenvalue weighted by molar-refractivity contribution is -0.384. The average molecular weight is 491 g/mol. The Morgan fingerprint density at radius 2 is 1.93 bits per heavy atom.